The first-order valence-electron chi connectivity index (χ1n) is 5.25. The number of nitrogens with zero attached hydrogens (tertiary/aromatic N) is 1. The smallest absolute Gasteiger partial charge is 0.00219 e. The normalized spacial score (nSPS) is 35.2. The van der Waals surface area contributed by atoms with Gasteiger partial charge in [0.15, 0.2) is 0 Å². The van der Waals surface area contributed by atoms with Gasteiger partial charge in [-0.25, -0.2) is 0 Å². The second-order valence-corrected chi connectivity index (χ2v) is 3.73. The van der Waals surface area contributed by atoms with Gasteiger partial charge in [-0.1, -0.05) is 13.8 Å². The summed E-state index contributed by atoms with van der Waals surface area (Å²) in [5.41, 5.74) is 0. The lowest BCUT2D eigenvalue weighted by atomic mass is 9.89. The summed E-state index contributed by atoms with van der Waals surface area (Å²) in [5.74, 6) is 1.95. The molecule has 0 radical (unpaired) electrons. The van der Waals surface area contributed by atoms with Crippen LogP contribution >= 0.6 is 0 Å². The molecule has 0 spiro atoms. The third-order valence-electron chi connectivity index (χ3n) is 2.91. The maximum Gasteiger partial charge on any atom is 0.00219 e. The summed E-state index contributed by atoms with van der Waals surface area (Å²) in [6.45, 7) is 9.16. The fourth-order valence-electron chi connectivity index (χ4n) is 2.22. The van der Waals surface area contributed by atoms with E-state index >= 15 is 0 Å². The predicted molar refractivity (Wildman–Crippen MR) is 53.3 cm³/mol. The Labute approximate surface area is 76.3 Å². The minimum absolute atomic E-state index is 0.957. The fourth-order valence-corrected chi connectivity index (χ4v) is 2.22. The molecule has 12 heavy (non-hydrogen) atoms. The Morgan fingerprint density at radius 1 is 1.17 bits per heavy atom. The number of hydrogen-bond donors (Lipinski definition) is 1. The zero-order valence-corrected chi connectivity index (χ0v) is 8.64. The van der Waals surface area contributed by atoms with E-state index in [1.165, 1.54) is 32.6 Å². The zero-order chi connectivity index (χ0) is 8.97. The third-order valence-corrected chi connectivity index (χ3v) is 2.91. The largest absolute Gasteiger partial charge is 0.316 e. The second kappa shape index (κ2) is 4.83. The highest BCUT2D eigenvalue weighted by Gasteiger charge is 2.30. The number of likely N-dealkylation sites (tertiary alicyclic amines) is 1. The van der Waals surface area contributed by atoms with Crippen molar-refractivity contribution in [1.29, 1.82) is 0 Å². The van der Waals surface area contributed by atoms with Gasteiger partial charge in [-0.15, -0.1) is 0 Å². The van der Waals surface area contributed by atoms with Crippen LogP contribution in [-0.2, 0) is 0 Å². The SMILES string of the molecule is CC.CN1CC[C@@H]2CNC[C@@H]2C1. The Bertz CT molecular complexity index is 125. The number of hydrogen-bond acceptors (Lipinski definition) is 2. The van der Waals surface area contributed by atoms with Gasteiger partial charge in [-0.05, 0) is 44.9 Å². The Balaban J connectivity index is 0.000000336. The number of fused-ring (bicyclic) bond motifs is 1. The molecule has 2 aliphatic rings. The van der Waals surface area contributed by atoms with E-state index in [1.807, 2.05) is 13.8 Å². The lowest BCUT2D eigenvalue weighted by molar-refractivity contribution is 0.178. The molecule has 0 amide bonds. The van der Waals surface area contributed by atoms with Crippen LogP contribution in [0.25, 0.3) is 0 Å². The van der Waals surface area contributed by atoms with E-state index in [2.05, 4.69) is 17.3 Å². The maximum atomic E-state index is 3.46. The molecule has 0 aliphatic carbocycles. The van der Waals surface area contributed by atoms with Crippen LogP contribution in [0.1, 0.15) is 20.3 Å². The van der Waals surface area contributed by atoms with Gasteiger partial charge in [-0.2, -0.15) is 0 Å². The van der Waals surface area contributed by atoms with Crippen LogP contribution in [0.15, 0.2) is 0 Å². The monoisotopic (exact) mass is 170 g/mol. The van der Waals surface area contributed by atoms with Crippen molar-refractivity contribution < 1.29 is 0 Å². The molecule has 2 heterocycles. The van der Waals surface area contributed by atoms with Crippen molar-refractivity contribution in [3.8, 4) is 0 Å². The molecule has 2 saturated heterocycles. The van der Waals surface area contributed by atoms with Crippen molar-refractivity contribution in [3.63, 3.8) is 0 Å². The number of rotatable bonds is 0. The highest BCUT2D eigenvalue weighted by Crippen LogP contribution is 2.25. The van der Waals surface area contributed by atoms with Gasteiger partial charge < -0.3 is 10.2 Å². The second-order valence-electron chi connectivity index (χ2n) is 3.73. The number of piperidine rings is 1. The first-order valence-corrected chi connectivity index (χ1v) is 5.25. The van der Waals surface area contributed by atoms with Crippen molar-refractivity contribution in [3.05, 3.63) is 0 Å². The van der Waals surface area contributed by atoms with Crippen molar-refractivity contribution in [1.82, 2.24) is 10.2 Å². The van der Waals surface area contributed by atoms with E-state index in [-0.39, 0.29) is 0 Å². The van der Waals surface area contributed by atoms with E-state index in [9.17, 15) is 0 Å². The summed E-state index contributed by atoms with van der Waals surface area (Å²) in [6.07, 6.45) is 1.41. The Kier molecular flexibility index (Phi) is 4.02. The first-order chi connectivity index (χ1) is 5.86. The molecule has 0 aromatic heterocycles. The summed E-state index contributed by atoms with van der Waals surface area (Å²) >= 11 is 0. The van der Waals surface area contributed by atoms with Crippen molar-refractivity contribution in [2.45, 2.75) is 20.3 Å². The van der Waals surface area contributed by atoms with Crippen LogP contribution in [0.2, 0.25) is 0 Å². The molecule has 2 rings (SSSR count). The minimum Gasteiger partial charge on any atom is -0.316 e. The van der Waals surface area contributed by atoms with E-state index in [1.54, 1.807) is 0 Å². The molecule has 2 atom stereocenters. The third kappa shape index (κ3) is 2.20. The Morgan fingerprint density at radius 2 is 1.83 bits per heavy atom. The molecule has 0 aromatic carbocycles. The summed E-state index contributed by atoms with van der Waals surface area (Å²) in [6, 6.07) is 0. The molecule has 1 N–H and O–H groups in total. The molecule has 0 unspecified atom stereocenters. The average molecular weight is 170 g/mol. The first kappa shape index (κ1) is 10.0. The van der Waals surface area contributed by atoms with Crippen molar-refractivity contribution in [2.24, 2.45) is 11.8 Å². The predicted octanol–water partition coefficient (Wildman–Crippen LogP) is 1.18. The maximum absolute atomic E-state index is 3.46. The molecule has 0 saturated carbocycles. The van der Waals surface area contributed by atoms with Gasteiger partial charge in [0.05, 0.1) is 0 Å². The lowest BCUT2D eigenvalue weighted by Crippen LogP contribution is -2.37. The molecule has 0 bridgehead atoms. The molecule has 2 aliphatic heterocycles. The minimum atomic E-state index is 0.957. The molecule has 72 valence electrons. The van der Waals surface area contributed by atoms with Crippen molar-refractivity contribution in [2.75, 3.05) is 33.2 Å². The quantitative estimate of drug-likeness (QED) is 0.587. The summed E-state index contributed by atoms with van der Waals surface area (Å²) < 4.78 is 0. The van der Waals surface area contributed by atoms with Gasteiger partial charge in [0.2, 0.25) is 0 Å². The Morgan fingerprint density at radius 3 is 2.58 bits per heavy atom. The average Bonchev–Trinajstić information content (AvgIpc) is 2.54. The van der Waals surface area contributed by atoms with Crippen LogP contribution in [0.5, 0.6) is 0 Å². The topological polar surface area (TPSA) is 15.3 Å². The van der Waals surface area contributed by atoms with Crippen LogP contribution in [0.4, 0.5) is 0 Å². The summed E-state index contributed by atoms with van der Waals surface area (Å²) in [4.78, 5) is 2.45. The van der Waals surface area contributed by atoms with Crippen LogP contribution in [0.3, 0.4) is 0 Å². The Hall–Kier alpha value is -0.0800. The molecule has 0 aromatic rings. The standard InChI is InChI=1S/C8H16N2.C2H6/c1-10-3-2-7-4-9-5-8(7)6-10;1-2/h7-9H,2-6H2,1H3;1-2H3/t7-,8-;/m1./s1. The highest BCUT2D eigenvalue weighted by molar-refractivity contribution is 4.86. The lowest BCUT2D eigenvalue weighted by Gasteiger charge is -2.31. The van der Waals surface area contributed by atoms with Crippen LogP contribution < -0.4 is 5.32 Å². The number of nitrogens with one attached hydrogen (secondary N) is 1. The van der Waals surface area contributed by atoms with Gasteiger partial charge in [0.1, 0.15) is 0 Å². The zero-order valence-electron chi connectivity index (χ0n) is 8.64. The van der Waals surface area contributed by atoms with Crippen LogP contribution in [-0.4, -0.2) is 38.1 Å². The van der Waals surface area contributed by atoms with E-state index in [4.69, 9.17) is 0 Å². The fraction of sp³-hybridized carbons (Fsp3) is 1.00. The van der Waals surface area contributed by atoms with Gasteiger partial charge in [0.25, 0.3) is 0 Å². The molecule has 2 nitrogen and oxygen atoms in total. The molecular formula is C10H22N2. The molecular weight excluding hydrogens is 148 g/mol. The van der Waals surface area contributed by atoms with Crippen molar-refractivity contribution >= 4 is 0 Å². The van der Waals surface area contributed by atoms with Gasteiger partial charge >= 0.3 is 0 Å². The van der Waals surface area contributed by atoms with Gasteiger partial charge in [-0.3, -0.25) is 0 Å². The van der Waals surface area contributed by atoms with Crippen LogP contribution in [0, 0.1) is 11.8 Å². The van der Waals surface area contributed by atoms with E-state index in [0.717, 1.165) is 11.8 Å². The van der Waals surface area contributed by atoms with Gasteiger partial charge in [0, 0.05) is 6.54 Å². The highest BCUT2D eigenvalue weighted by atomic mass is 15.1. The molecule has 2 fully saturated rings. The molecule has 2 heteroatoms. The summed E-state index contributed by atoms with van der Waals surface area (Å²) in [5, 5.41) is 3.46. The van der Waals surface area contributed by atoms with E-state index < -0.39 is 0 Å². The summed E-state index contributed by atoms with van der Waals surface area (Å²) in [7, 11) is 2.23. The van der Waals surface area contributed by atoms with E-state index in [0.29, 0.717) is 0 Å².